The molecule has 4 rings (SSSR count). The van der Waals surface area contributed by atoms with E-state index in [2.05, 4.69) is 10.3 Å². The van der Waals surface area contributed by atoms with Gasteiger partial charge in [-0.15, -0.1) is 11.3 Å². The molecule has 2 aromatic heterocycles. The smallest absolute Gasteiger partial charge is 0.271 e. The van der Waals surface area contributed by atoms with Crippen molar-refractivity contribution < 1.29 is 4.79 Å². The summed E-state index contributed by atoms with van der Waals surface area (Å²) < 4.78 is 1.62. The van der Waals surface area contributed by atoms with Gasteiger partial charge in [0.1, 0.15) is 5.56 Å². The van der Waals surface area contributed by atoms with Gasteiger partial charge in [-0.05, 0) is 31.7 Å². The highest BCUT2D eigenvalue weighted by Gasteiger charge is 2.22. The topological polar surface area (TPSA) is 63.5 Å². The highest BCUT2D eigenvalue weighted by atomic mass is 32.1. The number of hydrogen-bond donors (Lipinski definition) is 1. The first-order valence-electron chi connectivity index (χ1n) is 7.99. The number of nitrogens with zero attached hydrogens (tertiary/aromatic N) is 2. The van der Waals surface area contributed by atoms with Gasteiger partial charge in [0.15, 0.2) is 4.96 Å². The minimum Gasteiger partial charge on any atom is -0.348 e. The largest absolute Gasteiger partial charge is 0.348 e. The Balaban J connectivity index is 1.61. The molecular formula is C18H17N3O2S. The molecule has 24 heavy (non-hydrogen) atoms. The van der Waals surface area contributed by atoms with Crippen LogP contribution in [0.1, 0.15) is 38.5 Å². The number of benzene rings is 1. The molecule has 0 radical (unpaired) electrons. The van der Waals surface area contributed by atoms with Gasteiger partial charge in [-0.25, -0.2) is 4.98 Å². The summed E-state index contributed by atoms with van der Waals surface area (Å²) in [4.78, 5) is 31.3. The van der Waals surface area contributed by atoms with Crippen LogP contribution in [-0.4, -0.2) is 15.3 Å². The number of amides is 1. The Labute approximate surface area is 143 Å². The molecule has 1 aliphatic carbocycles. The molecular weight excluding hydrogens is 322 g/mol. The van der Waals surface area contributed by atoms with Gasteiger partial charge in [0.05, 0.1) is 0 Å². The normalized spacial score (nSPS) is 13.2. The summed E-state index contributed by atoms with van der Waals surface area (Å²) in [5.41, 5.74) is 3.04. The van der Waals surface area contributed by atoms with Crippen molar-refractivity contribution in [3.8, 4) is 0 Å². The van der Waals surface area contributed by atoms with E-state index in [4.69, 9.17) is 0 Å². The zero-order chi connectivity index (χ0) is 16.7. The zero-order valence-electron chi connectivity index (χ0n) is 13.3. The Kier molecular flexibility index (Phi) is 3.69. The number of carbonyl (C=O) groups excluding carboxylic acids is 1. The average Bonchev–Trinajstić information content (AvgIpc) is 3.15. The van der Waals surface area contributed by atoms with Crippen LogP contribution in [-0.2, 0) is 19.4 Å². The molecule has 122 valence electrons. The van der Waals surface area contributed by atoms with E-state index in [0.717, 1.165) is 30.5 Å². The minimum absolute atomic E-state index is 0.104. The molecule has 6 heteroatoms. The van der Waals surface area contributed by atoms with Crippen LogP contribution in [0.3, 0.4) is 0 Å². The number of aryl methyl sites for hydroxylation is 3. The highest BCUT2D eigenvalue weighted by molar-refractivity contribution is 7.17. The molecule has 0 aliphatic heterocycles. The standard InChI is InChI=1S/C18H17N3O2S/c1-11-5-7-12(8-6-11)9-19-16(22)13-10-20-18-21(17(13)23)14-3-2-4-15(14)24-18/h5-8,10H,2-4,9H2,1H3,(H,19,22). The maximum atomic E-state index is 12.7. The molecule has 1 N–H and O–H groups in total. The molecule has 0 atom stereocenters. The first-order valence-corrected chi connectivity index (χ1v) is 8.81. The zero-order valence-corrected chi connectivity index (χ0v) is 14.2. The summed E-state index contributed by atoms with van der Waals surface area (Å²) in [5, 5.41) is 2.81. The molecule has 0 fully saturated rings. The fourth-order valence-electron chi connectivity index (χ4n) is 3.05. The monoisotopic (exact) mass is 339 g/mol. The molecule has 1 amide bonds. The molecule has 0 bridgehead atoms. The number of hydrogen-bond acceptors (Lipinski definition) is 4. The molecule has 2 heterocycles. The maximum absolute atomic E-state index is 12.7. The van der Waals surface area contributed by atoms with Crippen LogP contribution >= 0.6 is 11.3 Å². The summed E-state index contributed by atoms with van der Waals surface area (Å²) in [6, 6.07) is 7.93. The van der Waals surface area contributed by atoms with Crippen molar-refractivity contribution in [2.24, 2.45) is 0 Å². The Hall–Kier alpha value is -2.47. The summed E-state index contributed by atoms with van der Waals surface area (Å²) >= 11 is 1.55. The van der Waals surface area contributed by atoms with E-state index in [1.165, 1.54) is 16.6 Å². The van der Waals surface area contributed by atoms with Crippen LogP contribution in [0.2, 0.25) is 0 Å². The predicted octanol–water partition coefficient (Wildman–Crippen LogP) is 2.48. The average molecular weight is 339 g/mol. The van der Waals surface area contributed by atoms with E-state index in [1.807, 2.05) is 31.2 Å². The molecule has 1 aliphatic rings. The summed E-state index contributed by atoms with van der Waals surface area (Å²) in [6.07, 6.45) is 4.34. The van der Waals surface area contributed by atoms with Crippen molar-refractivity contribution in [1.29, 1.82) is 0 Å². The Morgan fingerprint density at radius 3 is 2.88 bits per heavy atom. The van der Waals surface area contributed by atoms with Gasteiger partial charge in [-0.1, -0.05) is 29.8 Å². The van der Waals surface area contributed by atoms with Crippen LogP contribution in [0.15, 0.2) is 35.3 Å². The molecule has 5 nitrogen and oxygen atoms in total. The molecule has 0 saturated carbocycles. The first-order chi connectivity index (χ1) is 11.6. The highest BCUT2D eigenvalue weighted by Crippen LogP contribution is 2.28. The summed E-state index contributed by atoms with van der Waals surface area (Å²) in [5.74, 6) is -0.375. The van der Waals surface area contributed by atoms with E-state index >= 15 is 0 Å². The number of thiazole rings is 1. The molecule has 0 saturated heterocycles. The maximum Gasteiger partial charge on any atom is 0.271 e. The number of fused-ring (bicyclic) bond motifs is 3. The Morgan fingerprint density at radius 2 is 2.08 bits per heavy atom. The fourth-order valence-corrected chi connectivity index (χ4v) is 4.21. The Morgan fingerprint density at radius 1 is 1.29 bits per heavy atom. The third-order valence-corrected chi connectivity index (χ3v) is 5.53. The number of rotatable bonds is 3. The number of aromatic nitrogens is 2. The SMILES string of the molecule is Cc1ccc(CNC(=O)c2cnc3sc4c(n3c2=O)CCC4)cc1. The van der Waals surface area contributed by atoms with Gasteiger partial charge < -0.3 is 5.32 Å². The minimum atomic E-state index is -0.375. The van der Waals surface area contributed by atoms with Gasteiger partial charge in [0.2, 0.25) is 0 Å². The third-order valence-electron chi connectivity index (χ3n) is 4.37. The van der Waals surface area contributed by atoms with Gasteiger partial charge in [0.25, 0.3) is 11.5 Å². The first kappa shape index (κ1) is 15.1. The Bertz CT molecular complexity index is 986. The molecule has 3 aromatic rings. The number of nitrogens with one attached hydrogen (secondary N) is 1. The van der Waals surface area contributed by atoms with E-state index < -0.39 is 0 Å². The van der Waals surface area contributed by atoms with Crippen LogP contribution < -0.4 is 10.9 Å². The lowest BCUT2D eigenvalue weighted by Crippen LogP contribution is -2.31. The lowest BCUT2D eigenvalue weighted by molar-refractivity contribution is 0.0949. The lowest BCUT2D eigenvalue weighted by atomic mass is 10.1. The van der Waals surface area contributed by atoms with Gasteiger partial charge >= 0.3 is 0 Å². The van der Waals surface area contributed by atoms with Gasteiger partial charge in [-0.2, -0.15) is 0 Å². The van der Waals surface area contributed by atoms with Crippen molar-refractivity contribution in [3.05, 3.63) is 68.1 Å². The fraction of sp³-hybridized carbons (Fsp3) is 0.278. The van der Waals surface area contributed by atoms with Crippen LogP contribution in [0.4, 0.5) is 0 Å². The van der Waals surface area contributed by atoms with Gasteiger partial charge in [0, 0.05) is 23.3 Å². The lowest BCUT2D eigenvalue weighted by Gasteiger charge is -2.06. The summed E-state index contributed by atoms with van der Waals surface area (Å²) in [6.45, 7) is 2.41. The van der Waals surface area contributed by atoms with Crippen LogP contribution in [0.5, 0.6) is 0 Å². The number of carbonyl (C=O) groups is 1. The molecule has 0 spiro atoms. The second-order valence-electron chi connectivity index (χ2n) is 6.09. The van der Waals surface area contributed by atoms with Crippen molar-refractivity contribution in [1.82, 2.24) is 14.7 Å². The van der Waals surface area contributed by atoms with Crippen molar-refractivity contribution in [3.63, 3.8) is 0 Å². The van der Waals surface area contributed by atoms with Crippen LogP contribution in [0.25, 0.3) is 4.96 Å². The van der Waals surface area contributed by atoms with E-state index in [1.54, 1.807) is 15.7 Å². The predicted molar refractivity (Wildman–Crippen MR) is 93.7 cm³/mol. The van der Waals surface area contributed by atoms with Crippen molar-refractivity contribution in [2.45, 2.75) is 32.7 Å². The van der Waals surface area contributed by atoms with Crippen molar-refractivity contribution >= 4 is 22.2 Å². The molecule has 1 aromatic carbocycles. The quantitative estimate of drug-likeness (QED) is 0.797. The van der Waals surface area contributed by atoms with E-state index in [0.29, 0.717) is 11.5 Å². The van der Waals surface area contributed by atoms with Crippen LogP contribution in [0, 0.1) is 6.92 Å². The summed E-state index contributed by atoms with van der Waals surface area (Å²) in [7, 11) is 0. The van der Waals surface area contributed by atoms with Crippen molar-refractivity contribution in [2.75, 3.05) is 0 Å². The molecule has 0 unspecified atom stereocenters. The van der Waals surface area contributed by atoms with E-state index in [9.17, 15) is 9.59 Å². The second-order valence-corrected chi connectivity index (χ2v) is 7.15. The second kappa shape index (κ2) is 5.87. The van der Waals surface area contributed by atoms with E-state index in [-0.39, 0.29) is 17.0 Å². The third kappa shape index (κ3) is 2.53. The van der Waals surface area contributed by atoms with Gasteiger partial charge in [-0.3, -0.25) is 14.0 Å².